The van der Waals surface area contributed by atoms with E-state index in [4.69, 9.17) is 0 Å². The van der Waals surface area contributed by atoms with Crippen molar-refractivity contribution in [1.29, 1.82) is 0 Å². The smallest absolute Gasteiger partial charge is 0.240 e. The minimum Gasteiger partial charge on any atom is -0.332 e. The standard InChI is InChI=1S/C20H27N5O/c1-14-12-24(13-18-21-22-19(25(14)18)16-9-10-16)20(26)17(23(2)3)11-15-7-5-4-6-8-15/h4-8,14,16-17H,9-13H2,1-3H3/t14-,17-/m0/s1. The van der Waals surface area contributed by atoms with Gasteiger partial charge < -0.3 is 9.47 Å². The second kappa shape index (κ2) is 6.83. The molecule has 2 aromatic rings. The van der Waals surface area contributed by atoms with Crippen LogP contribution in [0.15, 0.2) is 30.3 Å². The highest BCUT2D eigenvalue weighted by Crippen LogP contribution is 2.41. The number of hydrogen-bond acceptors (Lipinski definition) is 4. The summed E-state index contributed by atoms with van der Waals surface area (Å²) in [7, 11) is 3.96. The predicted octanol–water partition coefficient (Wildman–Crippen LogP) is 2.23. The van der Waals surface area contributed by atoms with Crippen molar-refractivity contribution in [3.05, 3.63) is 47.5 Å². The number of amides is 1. The minimum atomic E-state index is -0.165. The molecule has 2 atom stereocenters. The summed E-state index contributed by atoms with van der Waals surface area (Å²) in [5, 5.41) is 8.81. The summed E-state index contributed by atoms with van der Waals surface area (Å²) >= 11 is 0. The monoisotopic (exact) mass is 353 g/mol. The number of carbonyl (C=O) groups is 1. The lowest BCUT2D eigenvalue weighted by atomic mass is 10.0. The topological polar surface area (TPSA) is 54.3 Å². The quantitative estimate of drug-likeness (QED) is 0.827. The molecule has 1 fully saturated rings. The van der Waals surface area contributed by atoms with Crippen LogP contribution in [0.4, 0.5) is 0 Å². The van der Waals surface area contributed by atoms with E-state index in [2.05, 4.69) is 33.8 Å². The average molecular weight is 353 g/mol. The molecular weight excluding hydrogens is 326 g/mol. The van der Waals surface area contributed by atoms with Gasteiger partial charge in [-0.1, -0.05) is 30.3 Å². The van der Waals surface area contributed by atoms with Crippen LogP contribution in [0.25, 0.3) is 0 Å². The van der Waals surface area contributed by atoms with Gasteiger partial charge in [0.1, 0.15) is 5.82 Å². The van der Waals surface area contributed by atoms with Crippen molar-refractivity contribution in [2.24, 2.45) is 0 Å². The Morgan fingerprint density at radius 2 is 1.96 bits per heavy atom. The fraction of sp³-hybridized carbons (Fsp3) is 0.550. The van der Waals surface area contributed by atoms with Crippen LogP contribution in [0.1, 0.15) is 48.9 Å². The van der Waals surface area contributed by atoms with E-state index in [0.29, 0.717) is 12.5 Å². The molecule has 138 valence electrons. The van der Waals surface area contributed by atoms with Crippen molar-refractivity contribution in [3.8, 4) is 0 Å². The van der Waals surface area contributed by atoms with E-state index < -0.39 is 0 Å². The second-order valence-electron chi connectivity index (χ2n) is 7.86. The highest BCUT2D eigenvalue weighted by Gasteiger charge is 2.37. The normalized spacial score (nSPS) is 20.9. The maximum Gasteiger partial charge on any atom is 0.240 e. The fourth-order valence-electron chi connectivity index (χ4n) is 3.89. The van der Waals surface area contributed by atoms with E-state index in [9.17, 15) is 4.79 Å². The highest BCUT2D eigenvalue weighted by molar-refractivity contribution is 5.82. The SMILES string of the molecule is C[C@H]1CN(C(=O)[C@H](Cc2ccccc2)N(C)C)Cc2nnc(C3CC3)n21. The Labute approximate surface area is 154 Å². The van der Waals surface area contributed by atoms with Gasteiger partial charge in [0, 0.05) is 12.5 Å². The second-order valence-corrected chi connectivity index (χ2v) is 7.86. The third-order valence-electron chi connectivity index (χ3n) is 5.48. The zero-order valence-corrected chi connectivity index (χ0v) is 15.8. The number of fused-ring (bicyclic) bond motifs is 1. The van der Waals surface area contributed by atoms with Crippen LogP contribution in [0.5, 0.6) is 0 Å². The zero-order chi connectivity index (χ0) is 18.3. The van der Waals surface area contributed by atoms with E-state index in [1.807, 2.05) is 42.1 Å². The lowest BCUT2D eigenvalue weighted by Crippen LogP contribution is -2.50. The first-order valence-corrected chi connectivity index (χ1v) is 9.47. The summed E-state index contributed by atoms with van der Waals surface area (Å²) in [6.07, 6.45) is 3.15. The fourth-order valence-corrected chi connectivity index (χ4v) is 3.89. The third kappa shape index (κ3) is 3.26. The average Bonchev–Trinajstić information content (AvgIpc) is 3.39. The summed E-state index contributed by atoms with van der Waals surface area (Å²) < 4.78 is 2.27. The molecule has 0 radical (unpaired) electrons. The van der Waals surface area contributed by atoms with Crippen LogP contribution in [-0.2, 0) is 17.8 Å². The molecule has 1 aliphatic carbocycles. The van der Waals surface area contributed by atoms with E-state index in [1.54, 1.807) is 0 Å². The zero-order valence-electron chi connectivity index (χ0n) is 15.8. The van der Waals surface area contributed by atoms with Gasteiger partial charge in [-0.3, -0.25) is 9.69 Å². The van der Waals surface area contributed by atoms with Crippen LogP contribution in [0, 0.1) is 0 Å². The van der Waals surface area contributed by atoms with Gasteiger partial charge >= 0.3 is 0 Å². The van der Waals surface area contributed by atoms with E-state index in [-0.39, 0.29) is 18.0 Å². The largest absolute Gasteiger partial charge is 0.332 e. The van der Waals surface area contributed by atoms with E-state index >= 15 is 0 Å². The first-order valence-electron chi connectivity index (χ1n) is 9.47. The van der Waals surface area contributed by atoms with Crippen LogP contribution in [0.3, 0.4) is 0 Å². The predicted molar refractivity (Wildman–Crippen MR) is 99.7 cm³/mol. The lowest BCUT2D eigenvalue weighted by Gasteiger charge is -2.36. The van der Waals surface area contributed by atoms with Gasteiger partial charge in [0.25, 0.3) is 0 Å². The summed E-state index contributed by atoms with van der Waals surface area (Å²) in [5.74, 6) is 2.80. The molecule has 2 heterocycles. The molecule has 6 heteroatoms. The molecule has 6 nitrogen and oxygen atoms in total. The van der Waals surface area contributed by atoms with Crippen LogP contribution >= 0.6 is 0 Å². The Bertz CT molecular complexity index is 781. The van der Waals surface area contributed by atoms with Gasteiger partial charge in [0.15, 0.2) is 5.82 Å². The third-order valence-corrected chi connectivity index (χ3v) is 5.48. The molecule has 26 heavy (non-hydrogen) atoms. The number of rotatable bonds is 5. The van der Waals surface area contributed by atoms with Gasteiger partial charge in [-0.25, -0.2) is 0 Å². The van der Waals surface area contributed by atoms with Crippen molar-refractivity contribution < 1.29 is 4.79 Å². The van der Waals surface area contributed by atoms with Crippen molar-refractivity contribution in [2.75, 3.05) is 20.6 Å². The van der Waals surface area contributed by atoms with E-state index in [1.165, 1.54) is 18.4 Å². The summed E-state index contributed by atoms with van der Waals surface area (Å²) in [5.41, 5.74) is 1.18. The van der Waals surface area contributed by atoms with Crippen molar-refractivity contribution in [3.63, 3.8) is 0 Å². The molecule has 0 bridgehead atoms. The van der Waals surface area contributed by atoms with E-state index in [0.717, 1.165) is 24.6 Å². The lowest BCUT2D eigenvalue weighted by molar-refractivity contribution is -0.138. The number of carbonyl (C=O) groups excluding carboxylic acids is 1. The Hall–Kier alpha value is -2.21. The maximum atomic E-state index is 13.3. The Balaban J connectivity index is 1.53. The number of aromatic nitrogens is 3. The first-order chi connectivity index (χ1) is 12.5. The molecule has 1 aliphatic heterocycles. The van der Waals surface area contributed by atoms with Crippen LogP contribution < -0.4 is 0 Å². The van der Waals surface area contributed by atoms with Crippen LogP contribution in [-0.4, -0.2) is 57.2 Å². The first kappa shape index (κ1) is 17.2. The maximum absolute atomic E-state index is 13.3. The summed E-state index contributed by atoms with van der Waals surface area (Å²) in [6, 6.07) is 10.3. The molecule has 1 aromatic carbocycles. The van der Waals surface area contributed by atoms with Gasteiger partial charge in [-0.15, -0.1) is 10.2 Å². The highest BCUT2D eigenvalue weighted by atomic mass is 16.2. The molecule has 0 N–H and O–H groups in total. The number of nitrogens with zero attached hydrogens (tertiary/aromatic N) is 5. The Kier molecular flexibility index (Phi) is 4.53. The van der Waals surface area contributed by atoms with Crippen molar-refractivity contribution in [1.82, 2.24) is 24.6 Å². The molecule has 1 amide bonds. The molecule has 4 rings (SSSR count). The number of hydrogen-bond donors (Lipinski definition) is 0. The Morgan fingerprint density at radius 1 is 1.23 bits per heavy atom. The molecule has 2 aliphatic rings. The molecule has 0 unspecified atom stereocenters. The molecule has 1 saturated carbocycles. The molecule has 1 aromatic heterocycles. The van der Waals surface area contributed by atoms with Gasteiger partial charge in [-0.2, -0.15) is 0 Å². The summed E-state index contributed by atoms with van der Waals surface area (Å²) in [6.45, 7) is 3.45. The Morgan fingerprint density at radius 3 is 2.62 bits per heavy atom. The molecular formula is C20H27N5O. The minimum absolute atomic E-state index is 0.165. The molecule has 0 saturated heterocycles. The van der Waals surface area contributed by atoms with Gasteiger partial charge in [-0.05, 0) is 45.8 Å². The van der Waals surface area contributed by atoms with Crippen molar-refractivity contribution in [2.45, 2.75) is 50.7 Å². The van der Waals surface area contributed by atoms with Crippen LogP contribution in [0.2, 0.25) is 0 Å². The van der Waals surface area contributed by atoms with Crippen molar-refractivity contribution >= 4 is 5.91 Å². The van der Waals surface area contributed by atoms with Gasteiger partial charge in [0.2, 0.25) is 5.91 Å². The number of benzene rings is 1. The van der Waals surface area contributed by atoms with Gasteiger partial charge in [0.05, 0.1) is 18.6 Å². The summed E-state index contributed by atoms with van der Waals surface area (Å²) in [4.78, 5) is 17.3. The number of likely N-dealkylation sites (N-methyl/N-ethyl adjacent to an activating group) is 1. The molecule has 0 spiro atoms.